The van der Waals surface area contributed by atoms with Crippen LogP contribution in [0.5, 0.6) is 0 Å². The second kappa shape index (κ2) is 2.83. The van der Waals surface area contributed by atoms with E-state index in [-0.39, 0.29) is 0 Å². The van der Waals surface area contributed by atoms with Crippen LogP contribution in [0.3, 0.4) is 0 Å². The minimum absolute atomic E-state index is 0.428. The third-order valence-corrected chi connectivity index (χ3v) is 2.15. The van der Waals surface area contributed by atoms with Crippen LogP contribution in [0, 0.1) is 6.92 Å². The van der Waals surface area contributed by atoms with E-state index in [0.29, 0.717) is 5.92 Å². The molecule has 0 spiro atoms. The number of rotatable bonds is 1. The maximum Gasteiger partial charge on any atom is 0.142 e. The third-order valence-electron chi connectivity index (χ3n) is 2.15. The van der Waals surface area contributed by atoms with Gasteiger partial charge in [0.05, 0.1) is 0 Å². The Morgan fingerprint density at radius 3 is 2.77 bits per heavy atom. The molecular weight excluding hydrogens is 162 g/mol. The standard InChI is InChI=1S/C10H13N3/c1-7(2)9-12-6-8(3)10-11-4-5-13(9)10/h4-7H,1-3H3. The first-order valence-corrected chi connectivity index (χ1v) is 4.48. The Labute approximate surface area is 77.4 Å². The Hall–Kier alpha value is -1.38. The quantitative estimate of drug-likeness (QED) is 0.664. The minimum Gasteiger partial charge on any atom is -0.287 e. The van der Waals surface area contributed by atoms with E-state index < -0.39 is 0 Å². The zero-order valence-corrected chi connectivity index (χ0v) is 8.15. The molecule has 68 valence electrons. The predicted molar refractivity (Wildman–Crippen MR) is 51.8 cm³/mol. The van der Waals surface area contributed by atoms with Crippen molar-refractivity contribution in [1.82, 2.24) is 14.4 Å². The monoisotopic (exact) mass is 175 g/mol. The second-order valence-corrected chi connectivity index (χ2v) is 3.57. The summed E-state index contributed by atoms with van der Waals surface area (Å²) in [5.41, 5.74) is 2.13. The molecule has 0 atom stereocenters. The van der Waals surface area contributed by atoms with Crippen LogP contribution in [0.2, 0.25) is 0 Å². The van der Waals surface area contributed by atoms with Crippen LogP contribution in [0.1, 0.15) is 31.2 Å². The van der Waals surface area contributed by atoms with Crippen LogP contribution in [0.25, 0.3) is 5.65 Å². The van der Waals surface area contributed by atoms with E-state index >= 15 is 0 Å². The summed E-state index contributed by atoms with van der Waals surface area (Å²) in [5, 5.41) is 0. The maximum absolute atomic E-state index is 4.40. The van der Waals surface area contributed by atoms with Crippen molar-refractivity contribution in [1.29, 1.82) is 0 Å². The van der Waals surface area contributed by atoms with Crippen molar-refractivity contribution in [2.75, 3.05) is 0 Å². The van der Waals surface area contributed by atoms with Gasteiger partial charge in [0.25, 0.3) is 0 Å². The molecule has 2 rings (SSSR count). The first-order chi connectivity index (χ1) is 6.20. The summed E-state index contributed by atoms with van der Waals surface area (Å²) in [5.74, 6) is 1.50. The van der Waals surface area contributed by atoms with Gasteiger partial charge < -0.3 is 0 Å². The fourth-order valence-corrected chi connectivity index (χ4v) is 1.49. The lowest BCUT2D eigenvalue weighted by Gasteiger charge is -2.08. The van der Waals surface area contributed by atoms with Gasteiger partial charge in [-0.05, 0) is 6.92 Å². The number of fused-ring (bicyclic) bond motifs is 1. The topological polar surface area (TPSA) is 30.2 Å². The van der Waals surface area contributed by atoms with E-state index in [9.17, 15) is 0 Å². The third kappa shape index (κ3) is 1.20. The van der Waals surface area contributed by atoms with Crippen molar-refractivity contribution in [2.45, 2.75) is 26.7 Å². The van der Waals surface area contributed by atoms with E-state index in [1.807, 2.05) is 25.5 Å². The van der Waals surface area contributed by atoms with Crippen LogP contribution in [0.4, 0.5) is 0 Å². The SMILES string of the molecule is Cc1cnc(C(C)C)n2ccnc12. The Bertz CT molecular complexity index is 429. The fraction of sp³-hybridized carbons (Fsp3) is 0.400. The minimum atomic E-state index is 0.428. The summed E-state index contributed by atoms with van der Waals surface area (Å²) in [6.07, 6.45) is 5.66. The molecule has 0 unspecified atom stereocenters. The van der Waals surface area contributed by atoms with Crippen molar-refractivity contribution >= 4 is 5.65 Å². The number of imidazole rings is 1. The lowest BCUT2D eigenvalue weighted by Crippen LogP contribution is -2.02. The maximum atomic E-state index is 4.40. The summed E-state index contributed by atoms with van der Waals surface area (Å²) in [7, 11) is 0. The molecule has 2 aromatic rings. The molecule has 0 aliphatic rings. The molecule has 2 aromatic heterocycles. The number of aryl methyl sites for hydroxylation is 1. The lowest BCUT2D eigenvalue weighted by molar-refractivity contribution is 0.750. The molecule has 0 aliphatic heterocycles. The van der Waals surface area contributed by atoms with Crippen molar-refractivity contribution in [2.24, 2.45) is 0 Å². The molecule has 0 N–H and O–H groups in total. The molecule has 0 aromatic carbocycles. The van der Waals surface area contributed by atoms with Gasteiger partial charge in [-0.2, -0.15) is 0 Å². The van der Waals surface area contributed by atoms with Crippen LogP contribution in [-0.4, -0.2) is 14.4 Å². The molecule has 0 saturated heterocycles. The average molecular weight is 175 g/mol. The molecule has 0 amide bonds. The first kappa shape index (κ1) is 8.23. The van der Waals surface area contributed by atoms with E-state index in [0.717, 1.165) is 17.0 Å². The van der Waals surface area contributed by atoms with Gasteiger partial charge in [-0.25, -0.2) is 9.97 Å². The smallest absolute Gasteiger partial charge is 0.142 e. The number of hydrogen-bond acceptors (Lipinski definition) is 2. The largest absolute Gasteiger partial charge is 0.287 e. The van der Waals surface area contributed by atoms with Gasteiger partial charge in [-0.3, -0.25) is 4.40 Å². The highest BCUT2D eigenvalue weighted by Crippen LogP contribution is 2.15. The zero-order valence-electron chi connectivity index (χ0n) is 8.15. The average Bonchev–Trinajstić information content (AvgIpc) is 2.53. The zero-order chi connectivity index (χ0) is 9.42. The molecule has 0 bridgehead atoms. The lowest BCUT2D eigenvalue weighted by atomic mass is 10.2. The van der Waals surface area contributed by atoms with Crippen molar-refractivity contribution < 1.29 is 0 Å². The number of hydrogen-bond donors (Lipinski definition) is 0. The van der Waals surface area contributed by atoms with Gasteiger partial charge >= 0.3 is 0 Å². The molecule has 0 aliphatic carbocycles. The summed E-state index contributed by atoms with van der Waals surface area (Å²) >= 11 is 0. The Balaban J connectivity index is 2.78. The van der Waals surface area contributed by atoms with Gasteiger partial charge in [-0.1, -0.05) is 13.8 Å². The fourth-order valence-electron chi connectivity index (χ4n) is 1.49. The Kier molecular flexibility index (Phi) is 1.79. The Morgan fingerprint density at radius 2 is 2.08 bits per heavy atom. The molecule has 0 saturated carbocycles. The molecule has 0 fully saturated rings. The number of aromatic nitrogens is 3. The van der Waals surface area contributed by atoms with Crippen molar-refractivity contribution in [3.8, 4) is 0 Å². The first-order valence-electron chi connectivity index (χ1n) is 4.48. The molecule has 2 heterocycles. The van der Waals surface area contributed by atoms with Gasteiger partial charge in [0, 0.05) is 30.1 Å². The molecular formula is C10H13N3. The van der Waals surface area contributed by atoms with Crippen molar-refractivity contribution in [3.63, 3.8) is 0 Å². The molecule has 13 heavy (non-hydrogen) atoms. The van der Waals surface area contributed by atoms with Gasteiger partial charge in [0.15, 0.2) is 0 Å². The van der Waals surface area contributed by atoms with Crippen LogP contribution >= 0.6 is 0 Å². The van der Waals surface area contributed by atoms with Crippen LogP contribution in [0.15, 0.2) is 18.6 Å². The van der Waals surface area contributed by atoms with Gasteiger partial charge in [0.2, 0.25) is 0 Å². The van der Waals surface area contributed by atoms with Gasteiger partial charge in [0.1, 0.15) is 11.5 Å². The molecule has 3 nitrogen and oxygen atoms in total. The van der Waals surface area contributed by atoms with Crippen LogP contribution < -0.4 is 0 Å². The summed E-state index contributed by atoms with van der Waals surface area (Å²) in [6.45, 7) is 6.30. The highest BCUT2D eigenvalue weighted by molar-refractivity contribution is 5.46. The molecule has 3 heteroatoms. The predicted octanol–water partition coefficient (Wildman–Crippen LogP) is 2.16. The second-order valence-electron chi connectivity index (χ2n) is 3.57. The number of nitrogens with zero attached hydrogens (tertiary/aromatic N) is 3. The normalized spacial score (nSPS) is 11.4. The van der Waals surface area contributed by atoms with E-state index in [2.05, 4.69) is 28.2 Å². The molecule has 0 radical (unpaired) electrons. The van der Waals surface area contributed by atoms with E-state index in [1.165, 1.54) is 0 Å². The van der Waals surface area contributed by atoms with Crippen LogP contribution in [-0.2, 0) is 0 Å². The highest BCUT2D eigenvalue weighted by Gasteiger charge is 2.07. The summed E-state index contributed by atoms with van der Waals surface area (Å²) in [6, 6.07) is 0. The van der Waals surface area contributed by atoms with Crippen molar-refractivity contribution in [3.05, 3.63) is 30.0 Å². The summed E-state index contributed by atoms with van der Waals surface area (Å²) < 4.78 is 2.06. The van der Waals surface area contributed by atoms with E-state index in [4.69, 9.17) is 0 Å². The van der Waals surface area contributed by atoms with E-state index in [1.54, 1.807) is 0 Å². The Morgan fingerprint density at radius 1 is 1.31 bits per heavy atom. The highest BCUT2D eigenvalue weighted by atomic mass is 15.1. The summed E-state index contributed by atoms with van der Waals surface area (Å²) in [4.78, 5) is 8.69. The van der Waals surface area contributed by atoms with Gasteiger partial charge in [-0.15, -0.1) is 0 Å².